The fraction of sp³-hybridized carbons (Fsp3) is 0.744. The van der Waals surface area contributed by atoms with Crippen LogP contribution in [0.4, 0.5) is 0 Å². The van der Waals surface area contributed by atoms with Gasteiger partial charge in [-0.15, -0.1) is 0 Å². The number of hydrogen-bond acceptors (Lipinski definition) is 8. The second-order valence-corrected chi connectivity index (χ2v) is 16.4. The number of ketones is 4. The lowest BCUT2D eigenvalue weighted by Gasteiger charge is -2.38. The van der Waals surface area contributed by atoms with E-state index in [4.69, 9.17) is 0 Å². The van der Waals surface area contributed by atoms with Crippen molar-refractivity contribution >= 4 is 34.9 Å². The Kier molecular flexibility index (Phi) is 12.2. The largest absolute Gasteiger partial charge is 0.344 e. The molecule has 1 aliphatic heterocycles. The van der Waals surface area contributed by atoms with Crippen LogP contribution in [0.5, 0.6) is 0 Å². The maximum atomic E-state index is 14.7. The first kappa shape index (κ1) is 37.0. The topological polar surface area (TPSA) is 143 Å². The predicted molar refractivity (Wildman–Crippen MR) is 184 cm³/mol. The van der Waals surface area contributed by atoms with E-state index >= 15 is 0 Å². The van der Waals surface area contributed by atoms with Gasteiger partial charge in [-0.05, 0) is 74.0 Å². The summed E-state index contributed by atoms with van der Waals surface area (Å²) in [5.74, 6) is -2.59. The van der Waals surface area contributed by atoms with E-state index in [2.05, 4.69) is 15.3 Å². The molecule has 1 saturated heterocycles. The summed E-state index contributed by atoms with van der Waals surface area (Å²) in [6, 6.07) is -1.60. The number of carbonyl (C=O) groups excluding carboxylic acids is 6. The van der Waals surface area contributed by atoms with Gasteiger partial charge in [0.2, 0.25) is 17.6 Å². The van der Waals surface area contributed by atoms with Crippen LogP contribution in [0.2, 0.25) is 0 Å². The summed E-state index contributed by atoms with van der Waals surface area (Å²) in [5, 5.41) is 3.10. The Morgan fingerprint density at radius 3 is 2.29 bits per heavy atom. The molecule has 49 heavy (non-hydrogen) atoms. The summed E-state index contributed by atoms with van der Waals surface area (Å²) in [6.07, 6.45) is 15.2. The zero-order chi connectivity index (χ0) is 35.3. The molecule has 3 saturated carbocycles. The fourth-order valence-electron chi connectivity index (χ4n) is 8.72. The first-order chi connectivity index (χ1) is 23.4. The minimum atomic E-state index is -0.917. The first-order valence-corrected chi connectivity index (χ1v) is 18.9. The van der Waals surface area contributed by atoms with E-state index in [1.165, 1.54) is 18.6 Å². The molecule has 1 aromatic rings. The molecular formula is C39H56N4O6. The fourth-order valence-corrected chi connectivity index (χ4v) is 8.72. The van der Waals surface area contributed by atoms with Crippen molar-refractivity contribution in [1.29, 1.82) is 0 Å². The van der Waals surface area contributed by atoms with Crippen molar-refractivity contribution in [3.63, 3.8) is 0 Å². The van der Waals surface area contributed by atoms with Crippen LogP contribution in [0.3, 0.4) is 0 Å². The number of nitrogens with zero attached hydrogens (tertiary/aromatic N) is 3. The van der Waals surface area contributed by atoms with Gasteiger partial charge in [-0.2, -0.15) is 0 Å². The highest BCUT2D eigenvalue weighted by molar-refractivity contribution is 6.38. The van der Waals surface area contributed by atoms with Gasteiger partial charge < -0.3 is 10.2 Å². The van der Waals surface area contributed by atoms with Gasteiger partial charge in [-0.25, -0.2) is 4.98 Å². The zero-order valence-corrected chi connectivity index (χ0v) is 30.0. The lowest BCUT2D eigenvalue weighted by Crippen LogP contribution is -2.58. The van der Waals surface area contributed by atoms with Gasteiger partial charge in [-0.1, -0.05) is 59.8 Å². The third-order valence-corrected chi connectivity index (χ3v) is 11.6. The van der Waals surface area contributed by atoms with Crippen LogP contribution >= 0.6 is 0 Å². The van der Waals surface area contributed by atoms with Crippen LogP contribution in [0.25, 0.3) is 0 Å². The average molecular weight is 677 g/mol. The maximum absolute atomic E-state index is 14.7. The van der Waals surface area contributed by atoms with Crippen molar-refractivity contribution in [2.24, 2.45) is 40.9 Å². The lowest BCUT2D eigenvalue weighted by molar-refractivity contribution is -0.146. The molecule has 0 aromatic carbocycles. The molecule has 4 aliphatic rings. The van der Waals surface area contributed by atoms with E-state index in [1.807, 2.05) is 27.7 Å². The van der Waals surface area contributed by atoms with Crippen LogP contribution < -0.4 is 5.32 Å². The minimum Gasteiger partial charge on any atom is -0.344 e. The number of amides is 2. The van der Waals surface area contributed by atoms with Gasteiger partial charge in [0.05, 0.1) is 12.2 Å². The highest BCUT2D eigenvalue weighted by Gasteiger charge is 2.52. The summed E-state index contributed by atoms with van der Waals surface area (Å²) in [5.41, 5.74) is -0.460. The third-order valence-electron chi connectivity index (χ3n) is 11.6. The van der Waals surface area contributed by atoms with E-state index in [-0.39, 0.29) is 71.9 Å². The number of nitrogens with one attached hydrogen (secondary N) is 1. The number of carbonyl (C=O) groups is 6. The van der Waals surface area contributed by atoms with Crippen molar-refractivity contribution in [1.82, 2.24) is 20.2 Å². The van der Waals surface area contributed by atoms with Gasteiger partial charge in [0.1, 0.15) is 11.7 Å². The molecule has 2 amide bonds. The molecular weight excluding hydrogens is 620 g/mol. The quantitative estimate of drug-likeness (QED) is 0.173. The standard InChI is InChI=1S/C39H56N4O6/c1-5-10-26(35(47)33(46)19-24-15-16-24)20-32(45)34-28-14-9-13-27(28)23-43(34)38(49)36(39(2,3)4)42-37(48)29(25-11-7-6-8-12-25)21-31(44)30-22-40-17-18-41-30/h17-18,22,24-29,34,36H,5-16,19-21,23H2,1-4H3,(H,42,48)/t26?,27-,28-,29+,34-,36+/m0/s1. The molecule has 0 bridgehead atoms. The smallest absolute Gasteiger partial charge is 0.246 e. The Hall–Kier alpha value is -3.30. The molecule has 5 rings (SSSR count). The number of aromatic nitrogens is 2. The first-order valence-electron chi connectivity index (χ1n) is 18.9. The Morgan fingerprint density at radius 2 is 1.65 bits per heavy atom. The lowest BCUT2D eigenvalue weighted by atomic mass is 9.76. The van der Waals surface area contributed by atoms with E-state index in [1.54, 1.807) is 4.90 Å². The maximum Gasteiger partial charge on any atom is 0.246 e. The molecule has 3 aliphatic carbocycles. The SMILES string of the molecule is CCCC(CC(=O)[C@@H]1[C@H]2CCC[C@H]2CN1C(=O)[C@@H](NC(=O)[C@H](CC(=O)c1cnccn1)C1CCCCC1)C(C)(C)C)C(=O)C(=O)CC1CC1. The van der Waals surface area contributed by atoms with E-state index < -0.39 is 35.1 Å². The van der Waals surface area contributed by atoms with Crippen LogP contribution in [-0.4, -0.2) is 68.4 Å². The van der Waals surface area contributed by atoms with Gasteiger partial charge in [-0.3, -0.25) is 33.8 Å². The second-order valence-electron chi connectivity index (χ2n) is 16.4. The molecule has 0 radical (unpaired) electrons. The van der Waals surface area contributed by atoms with Crippen LogP contribution in [0, 0.1) is 40.9 Å². The van der Waals surface area contributed by atoms with Crippen molar-refractivity contribution in [3.8, 4) is 0 Å². The Morgan fingerprint density at radius 1 is 0.918 bits per heavy atom. The molecule has 2 heterocycles. The van der Waals surface area contributed by atoms with Gasteiger partial charge >= 0.3 is 0 Å². The van der Waals surface area contributed by atoms with Crippen LogP contribution in [0.15, 0.2) is 18.6 Å². The average Bonchev–Trinajstić information content (AvgIpc) is 3.65. The van der Waals surface area contributed by atoms with E-state index in [9.17, 15) is 28.8 Å². The number of fused-ring (bicyclic) bond motifs is 1. The Labute approximate surface area is 291 Å². The van der Waals surface area contributed by atoms with E-state index in [0.717, 1.165) is 64.2 Å². The highest BCUT2D eigenvalue weighted by Crippen LogP contribution is 2.44. The Bertz CT molecular complexity index is 1380. The summed E-state index contributed by atoms with van der Waals surface area (Å²) in [7, 11) is 0. The normalized spacial score (nSPS) is 24.5. The molecule has 10 heteroatoms. The summed E-state index contributed by atoms with van der Waals surface area (Å²) in [4.78, 5) is 92.3. The molecule has 1 unspecified atom stereocenters. The number of likely N-dealkylation sites (tertiary alicyclic amines) is 1. The Balaban J connectivity index is 1.36. The molecule has 1 aromatic heterocycles. The number of Topliss-reactive ketones (excluding diaryl/α,β-unsaturated/α-hetero) is 4. The summed E-state index contributed by atoms with van der Waals surface area (Å²) < 4.78 is 0. The van der Waals surface area contributed by atoms with Crippen molar-refractivity contribution in [2.75, 3.05) is 6.54 Å². The van der Waals surface area contributed by atoms with E-state index in [0.29, 0.717) is 25.3 Å². The molecule has 4 fully saturated rings. The van der Waals surface area contributed by atoms with Crippen molar-refractivity contribution in [2.45, 2.75) is 136 Å². The summed E-state index contributed by atoms with van der Waals surface area (Å²) >= 11 is 0. The molecule has 10 nitrogen and oxygen atoms in total. The molecule has 0 spiro atoms. The number of hydrogen-bond donors (Lipinski definition) is 1. The van der Waals surface area contributed by atoms with Gasteiger partial charge in [0, 0.05) is 50.0 Å². The third kappa shape index (κ3) is 9.09. The second kappa shape index (κ2) is 16.2. The van der Waals surface area contributed by atoms with Crippen molar-refractivity contribution < 1.29 is 28.8 Å². The monoisotopic (exact) mass is 676 g/mol. The molecule has 1 N–H and O–H groups in total. The van der Waals surface area contributed by atoms with Crippen molar-refractivity contribution in [3.05, 3.63) is 24.3 Å². The van der Waals surface area contributed by atoms with Crippen LogP contribution in [-0.2, 0) is 24.0 Å². The number of rotatable bonds is 16. The minimum absolute atomic E-state index is 0.00639. The van der Waals surface area contributed by atoms with Gasteiger partial charge in [0.25, 0.3) is 0 Å². The molecule has 6 atom stereocenters. The highest BCUT2D eigenvalue weighted by atomic mass is 16.2. The predicted octanol–water partition coefficient (Wildman–Crippen LogP) is 5.72. The van der Waals surface area contributed by atoms with Gasteiger partial charge in [0.15, 0.2) is 17.3 Å². The molecule has 268 valence electrons. The summed E-state index contributed by atoms with van der Waals surface area (Å²) in [6.45, 7) is 8.11. The van der Waals surface area contributed by atoms with Crippen LogP contribution in [0.1, 0.15) is 134 Å². The zero-order valence-electron chi connectivity index (χ0n) is 30.0.